The van der Waals surface area contributed by atoms with Crippen LogP contribution in [-0.2, 0) is 4.79 Å². The molecule has 0 bridgehead atoms. The van der Waals surface area contributed by atoms with Gasteiger partial charge in [0.2, 0.25) is 0 Å². The highest BCUT2D eigenvalue weighted by Crippen LogP contribution is 2.29. The van der Waals surface area contributed by atoms with Crippen LogP contribution in [0.4, 0.5) is 0 Å². The largest absolute Gasteiger partial charge is 0.477 e. The Morgan fingerprint density at radius 1 is 0.862 bits per heavy atom. The van der Waals surface area contributed by atoms with Gasteiger partial charge >= 0.3 is 5.97 Å². The highest BCUT2D eigenvalue weighted by Gasteiger charge is 2.15. The first-order valence-corrected chi connectivity index (χ1v) is 10.1. The second-order valence-corrected chi connectivity index (χ2v) is 7.61. The predicted octanol–water partition coefficient (Wildman–Crippen LogP) is 5.86. The van der Waals surface area contributed by atoms with E-state index in [0.717, 1.165) is 4.47 Å². The van der Waals surface area contributed by atoms with Crippen LogP contribution in [0.5, 0.6) is 11.5 Å². The standard InChI is InChI=1S/C22H15Br2NO4/c23-17-6-2-1-5-16(17)21(26)25-19(22(27)28)13-14-9-11-15(12-10-14)29-20-8-4-3-7-18(20)24/h1-13H,(H,25,26)(H,27,28)/b19-13+. The molecule has 0 aromatic heterocycles. The first-order chi connectivity index (χ1) is 13.9. The molecule has 0 saturated carbocycles. The fraction of sp³-hybridized carbons (Fsp3) is 0. The number of hydrogen-bond acceptors (Lipinski definition) is 3. The monoisotopic (exact) mass is 515 g/mol. The van der Waals surface area contributed by atoms with Gasteiger partial charge in [-0.25, -0.2) is 4.79 Å². The molecular formula is C22H15Br2NO4. The van der Waals surface area contributed by atoms with Crippen LogP contribution < -0.4 is 10.1 Å². The van der Waals surface area contributed by atoms with Crippen molar-refractivity contribution in [3.05, 3.63) is 98.6 Å². The molecule has 2 N–H and O–H groups in total. The third-order valence-electron chi connectivity index (χ3n) is 3.85. The molecule has 0 radical (unpaired) electrons. The van der Waals surface area contributed by atoms with Crippen LogP contribution in [0.25, 0.3) is 6.08 Å². The van der Waals surface area contributed by atoms with Gasteiger partial charge in [0.25, 0.3) is 5.91 Å². The molecule has 0 fully saturated rings. The molecule has 0 atom stereocenters. The molecule has 5 nitrogen and oxygen atoms in total. The Morgan fingerprint density at radius 2 is 1.48 bits per heavy atom. The van der Waals surface area contributed by atoms with Crippen molar-refractivity contribution in [3.63, 3.8) is 0 Å². The summed E-state index contributed by atoms with van der Waals surface area (Å²) in [5, 5.41) is 11.9. The highest BCUT2D eigenvalue weighted by atomic mass is 79.9. The molecule has 0 aliphatic heterocycles. The number of carboxylic acid groups (broad SMARTS) is 1. The van der Waals surface area contributed by atoms with Crippen LogP contribution in [0.2, 0.25) is 0 Å². The third kappa shape index (κ3) is 5.56. The van der Waals surface area contributed by atoms with Gasteiger partial charge in [0, 0.05) is 4.47 Å². The van der Waals surface area contributed by atoms with Crippen LogP contribution >= 0.6 is 31.9 Å². The third-order valence-corrected chi connectivity index (χ3v) is 5.20. The normalized spacial score (nSPS) is 11.0. The smallest absolute Gasteiger partial charge is 0.352 e. The van der Waals surface area contributed by atoms with E-state index in [1.165, 1.54) is 6.08 Å². The maximum absolute atomic E-state index is 12.4. The lowest BCUT2D eigenvalue weighted by molar-refractivity contribution is -0.132. The number of carbonyl (C=O) groups excluding carboxylic acids is 1. The number of halogens is 2. The van der Waals surface area contributed by atoms with Crippen molar-refractivity contribution in [1.82, 2.24) is 5.32 Å². The minimum atomic E-state index is -1.24. The number of para-hydroxylation sites is 1. The zero-order valence-electron chi connectivity index (χ0n) is 14.9. The summed E-state index contributed by atoms with van der Waals surface area (Å²) < 4.78 is 7.20. The number of carboxylic acids is 1. The molecule has 0 aliphatic rings. The zero-order valence-corrected chi connectivity index (χ0v) is 18.1. The minimum absolute atomic E-state index is 0.231. The zero-order chi connectivity index (χ0) is 20.8. The fourth-order valence-electron chi connectivity index (χ4n) is 2.44. The Kier molecular flexibility index (Phi) is 6.85. The van der Waals surface area contributed by atoms with Crippen molar-refractivity contribution in [2.45, 2.75) is 0 Å². The Labute approximate surface area is 184 Å². The van der Waals surface area contributed by atoms with Crippen molar-refractivity contribution in [2.24, 2.45) is 0 Å². The van der Waals surface area contributed by atoms with Gasteiger partial charge < -0.3 is 15.2 Å². The van der Waals surface area contributed by atoms with Crippen molar-refractivity contribution < 1.29 is 19.4 Å². The van der Waals surface area contributed by atoms with E-state index >= 15 is 0 Å². The molecule has 0 spiro atoms. The highest BCUT2D eigenvalue weighted by molar-refractivity contribution is 9.10. The van der Waals surface area contributed by atoms with Crippen molar-refractivity contribution in [1.29, 1.82) is 0 Å². The van der Waals surface area contributed by atoms with Gasteiger partial charge in [-0.15, -0.1) is 0 Å². The van der Waals surface area contributed by atoms with E-state index in [2.05, 4.69) is 37.2 Å². The van der Waals surface area contributed by atoms with Gasteiger partial charge in [-0.3, -0.25) is 4.79 Å². The molecule has 0 saturated heterocycles. The molecule has 0 unspecified atom stereocenters. The van der Waals surface area contributed by atoms with Crippen LogP contribution in [-0.4, -0.2) is 17.0 Å². The number of aliphatic carboxylic acids is 1. The first-order valence-electron chi connectivity index (χ1n) is 8.47. The number of nitrogens with one attached hydrogen (secondary N) is 1. The molecule has 0 aliphatic carbocycles. The summed E-state index contributed by atoms with van der Waals surface area (Å²) in [5.41, 5.74) is 0.719. The van der Waals surface area contributed by atoms with Gasteiger partial charge in [0.15, 0.2) is 0 Å². The Bertz CT molecular complexity index is 1080. The van der Waals surface area contributed by atoms with E-state index in [0.29, 0.717) is 27.1 Å². The minimum Gasteiger partial charge on any atom is -0.477 e. The summed E-state index contributed by atoms with van der Waals surface area (Å²) in [5.74, 6) is -0.482. The molecule has 3 aromatic rings. The summed E-state index contributed by atoms with van der Waals surface area (Å²) in [4.78, 5) is 24.0. The topological polar surface area (TPSA) is 75.6 Å². The summed E-state index contributed by atoms with van der Waals surface area (Å²) in [7, 11) is 0. The first kappa shape index (κ1) is 20.8. The summed E-state index contributed by atoms with van der Waals surface area (Å²) in [6, 6.07) is 21.1. The summed E-state index contributed by atoms with van der Waals surface area (Å²) >= 11 is 6.71. The van der Waals surface area contributed by atoms with Gasteiger partial charge in [0.05, 0.1) is 10.0 Å². The van der Waals surface area contributed by atoms with Gasteiger partial charge in [-0.05, 0) is 79.9 Å². The van der Waals surface area contributed by atoms with E-state index in [1.807, 2.05) is 24.3 Å². The van der Waals surface area contributed by atoms with Crippen LogP contribution in [0, 0.1) is 0 Å². The van der Waals surface area contributed by atoms with E-state index in [9.17, 15) is 14.7 Å². The predicted molar refractivity (Wildman–Crippen MR) is 118 cm³/mol. The number of benzene rings is 3. The SMILES string of the molecule is O=C(O)/C(=C\c1ccc(Oc2ccccc2Br)cc1)NC(=O)c1ccccc1Br. The summed E-state index contributed by atoms with van der Waals surface area (Å²) in [6.45, 7) is 0. The molecule has 146 valence electrons. The fourth-order valence-corrected chi connectivity index (χ4v) is 3.27. The lowest BCUT2D eigenvalue weighted by Gasteiger charge is -2.09. The Morgan fingerprint density at radius 3 is 2.10 bits per heavy atom. The average molecular weight is 517 g/mol. The van der Waals surface area contributed by atoms with E-state index < -0.39 is 11.9 Å². The van der Waals surface area contributed by atoms with Crippen LogP contribution in [0.15, 0.2) is 87.4 Å². The number of hydrogen-bond donors (Lipinski definition) is 2. The van der Waals surface area contributed by atoms with Gasteiger partial charge in [-0.1, -0.05) is 36.4 Å². The molecule has 7 heteroatoms. The maximum Gasteiger partial charge on any atom is 0.352 e. The lowest BCUT2D eigenvalue weighted by Crippen LogP contribution is -2.27. The Hall–Kier alpha value is -2.90. The van der Waals surface area contributed by atoms with E-state index in [1.54, 1.807) is 48.5 Å². The molecular weight excluding hydrogens is 502 g/mol. The van der Waals surface area contributed by atoms with E-state index in [-0.39, 0.29) is 5.70 Å². The second kappa shape index (κ2) is 9.54. The van der Waals surface area contributed by atoms with E-state index in [4.69, 9.17) is 4.74 Å². The van der Waals surface area contributed by atoms with Crippen molar-refractivity contribution in [3.8, 4) is 11.5 Å². The number of ether oxygens (including phenoxy) is 1. The lowest BCUT2D eigenvalue weighted by atomic mass is 10.1. The average Bonchev–Trinajstić information content (AvgIpc) is 2.70. The number of rotatable bonds is 6. The van der Waals surface area contributed by atoms with Crippen molar-refractivity contribution in [2.75, 3.05) is 0 Å². The molecule has 0 heterocycles. The van der Waals surface area contributed by atoms with Crippen molar-refractivity contribution >= 4 is 49.8 Å². The molecule has 1 amide bonds. The van der Waals surface area contributed by atoms with Gasteiger partial charge in [-0.2, -0.15) is 0 Å². The quantitative estimate of drug-likeness (QED) is 0.402. The number of amides is 1. The van der Waals surface area contributed by atoms with Crippen LogP contribution in [0.1, 0.15) is 15.9 Å². The molecule has 3 aromatic carbocycles. The second-order valence-electron chi connectivity index (χ2n) is 5.90. The maximum atomic E-state index is 12.4. The van der Waals surface area contributed by atoms with Gasteiger partial charge in [0.1, 0.15) is 17.2 Å². The molecule has 29 heavy (non-hydrogen) atoms. The van der Waals surface area contributed by atoms with Crippen LogP contribution in [0.3, 0.4) is 0 Å². The molecule has 3 rings (SSSR count). The number of carbonyl (C=O) groups is 2. The Balaban J connectivity index is 1.77. The summed E-state index contributed by atoms with van der Waals surface area (Å²) in [6.07, 6.45) is 1.39.